The van der Waals surface area contributed by atoms with E-state index in [1.165, 1.54) is 0 Å². The Bertz CT molecular complexity index is 465. The quantitative estimate of drug-likeness (QED) is 0.724. The Hall–Kier alpha value is -2.09. The van der Waals surface area contributed by atoms with Crippen LogP contribution in [0.5, 0.6) is 5.75 Å². The van der Waals surface area contributed by atoms with Gasteiger partial charge >= 0.3 is 0 Å². The van der Waals surface area contributed by atoms with Gasteiger partial charge in [-0.1, -0.05) is 43.0 Å². The maximum Gasteiger partial charge on any atom is 0.123 e. The van der Waals surface area contributed by atoms with E-state index in [1.807, 2.05) is 42.5 Å². The van der Waals surface area contributed by atoms with E-state index in [0.29, 0.717) is 6.61 Å². The van der Waals surface area contributed by atoms with Crippen molar-refractivity contribution in [3.8, 4) is 17.0 Å². The largest absolute Gasteiger partial charge is 0.489 e. The van der Waals surface area contributed by atoms with Gasteiger partial charge < -0.3 is 4.74 Å². The summed E-state index contributed by atoms with van der Waals surface area (Å²) in [6.07, 6.45) is 3.48. The Balaban J connectivity index is 2.25. The van der Waals surface area contributed by atoms with E-state index >= 15 is 0 Å². The first-order valence-electron chi connectivity index (χ1n) is 5.15. The lowest BCUT2D eigenvalue weighted by Gasteiger charge is -2.05. The average molecular weight is 211 g/mol. The fourth-order valence-corrected chi connectivity index (χ4v) is 1.42. The van der Waals surface area contributed by atoms with Crippen LogP contribution in [-0.4, -0.2) is 11.6 Å². The topological polar surface area (TPSA) is 22.1 Å². The summed E-state index contributed by atoms with van der Waals surface area (Å²) in [7, 11) is 0. The first-order chi connectivity index (χ1) is 7.90. The van der Waals surface area contributed by atoms with E-state index in [4.69, 9.17) is 4.74 Å². The van der Waals surface area contributed by atoms with Crippen molar-refractivity contribution in [2.24, 2.45) is 0 Å². The summed E-state index contributed by atoms with van der Waals surface area (Å²) < 4.78 is 5.46. The monoisotopic (exact) mass is 211 g/mol. The molecule has 1 aromatic carbocycles. The lowest BCUT2D eigenvalue weighted by Crippen LogP contribution is -1.93. The Labute approximate surface area is 95.2 Å². The number of aromatic nitrogens is 1. The van der Waals surface area contributed by atoms with Gasteiger partial charge in [0.25, 0.3) is 0 Å². The summed E-state index contributed by atoms with van der Waals surface area (Å²) in [6.45, 7) is 4.13. The summed E-state index contributed by atoms with van der Waals surface area (Å²) in [5, 5.41) is 0. The van der Waals surface area contributed by atoms with E-state index in [-0.39, 0.29) is 0 Å². The molecule has 0 aliphatic carbocycles. The molecule has 0 saturated carbocycles. The second-order valence-corrected chi connectivity index (χ2v) is 3.34. The van der Waals surface area contributed by atoms with Crippen molar-refractivity contribution in [3.63, 3.8) is 0 Å². The fraction of sp³-hybridized carbons (Fsp3) is 0.0714. The van der Waals surface area contributed by atoms with Crippen LogP contribution in [0.2, 0.25) is 0 Å². The molecular weight excluding hydrogens is 198 g/mol. The van der Waals surface area contributed by atoms with Gasteiger partial charge in [0.05, 0.1) is 5.69 Å². The van der Waals surface area contributed by atoms with Crippen LogP contribution in [0.1, 0.15) is 0 Å². The summed E-state index contributed by atoms with van der Waals surface area (Å²) in [5.41, 5.74) is 2.01. The zero-order chi connectivity index (χ0) is 11.2. The standard InChI is InChI=1S/C14H13NO/c1-2-10-16-13-8-9-15-14(11-13)12-6-4-3-5-7-12/h2-9,11H,1,10H2. The highest BCUT2D eigenvalue weighted by atomic mass is 16.5. The number of pyridine rings is 1. The van der Waals surface area contributed by atoms with Crippen molar-refractivity contribution in [1.29, 1.82) is 0 Å². The predicted octanol–water partition coefficient (Wildman–Crippen LogP) is 3.31. The minimum absolute atomic E-state index is 0.512. The molecule has 2 aromatic rings. The molecule has 2 heteroatoms. The molecule has 0 fully saturated rings. The molecule has 80 valence electrons. The minimum Gasteiger partial charge on any atom is -0.489 e. The van der Waals surface area contributed by atoms with Gasteiger partial charge in [-0.15, -0.1) is 0 Å². The molecule has 0 aliphatic rings. The minimum atomic E-state index is 0.512. The fourth-order valence-electron chi connectivity index (χ4n) is 1.42. The lowest BCUT2D eigenvalue weighted by molar-refractivity contribution is 0.363. The number of ether oxygens (including phenoxy) is 1. The molecule has 2 nitrogen and oxygen atoms in total. The zero-order valence-electron chi connectivity index (χ0n) is 8.97. The number of nitrogens with zero attached hydrogens (tertiary/aromatic N) is 1. The van der Waals surface area contributed by atoms with Gasteiger partial charge in [-0.3, -0.25) is 4.98 Å². The Morgan fingerprint density at radius 3 is 2.75 bits per heavy atom. The van der Waals surface area contributed by atoms with E-state index < -0.39 is 0 Å². The van der Waals surface area contributed by atoms with Crippen LogP contribution in [-0.2, 0) is 0 Å². The van der Waals surface area contributed by atoms with Gasteiger partial charge in [-0.2, -0.15) is 0 Å². The van der Waals surface area contributed by atoms with Crippen LogP contribution in [0, 0.1) is 0 Å². The van der Waals surface area contributed by atoms with Crippen LogP contribution in [0.15, 0.2) is 61.3 Å². The third kappa shape index (κ3) is 2.48. The number of rotatable bonds is 4. The second-order valence-electron chi connectivity index (χ2n) is 3.34. The highest BCUT2D eigenvalue weighted by Crippen LogP contribution is 2.20. The van der Waals surface area contributed by atoms with Crippen molar-refractivity contribution in [2.45, 2.75) is 0 Å². The molecule has 16 heavy (non-hydrogen) atoms. The van der Waals surface area contributed by atoms with Crippen LogP contribution in [0.3, 0.4) is 0 Å². The first kappa shape index (κ1) is 10.4. The van der Waals surface area contributed by atoms with Crippen molar-refractivity contribution >= 4 is 0 Å². The molecule has 0 atom stereocenters. The van der Waals surface area contributed by atoms with Crippen LogP contribution < -0.4 is 4.74 Å². The average Bonchev–Trinajstić information content (AvgIpc) is 2.38. The molecule has 1 heterocycles. The van der Waals surface area contributed by atoms with Gasteiger partial charge in [0.15, 0.2) is 0 Å². The van der Waals surface area contributed by atoms with E-state index in [9.17, 15) is 0 Å². The van der Waals surface area contributed by atoms with Gasteiger partial charge in [-0.25, -0.2) is 0 Å². The van der Waals surface area contributed by atoms with E-state index in [0.717, 1.165) is 17.0 Å². The van der Waals surface area contributed by atoms with Crippen molar-refractivity contribution in [3.05, 3.63) is 61.3 Å². The molecule has 1 aromatic heterocycles. The molecule has 0 unspecified atom stereocenters. The normalized spacial score (nSPS) is 9.75. The summed E-state index contributed by atoms with van der Waals surface area (Å²) in [5.74, 6) is 0.814. The van der Waals surface area contributed by atoms with Gasteiger partial charge in [0, 0.05) is 17.8 Å². The predicted molar refractivity (Wildman–Crippen MR) is 65.4 cm³/mol. The van der Waals surface area contributed by atoms with Crippen LogP contribution in [0.25, 0.3) is 11.3 Å². The molecule has 0 bridgehead atoms. The first-order valence-corrected chi connectivity index (χ1v) is 5.15. The van der Waals surface area contributed by atoms with E-state index in [1.54, 1.807) is 12.3 Å². The number of hydrogen-bond acceptors (Lipinski definition) is 2. The maximum atomic E-state index is 5.46. The zero-order valence-corrected chi connectivity index (χ0v) is 8.97. The molecule has 0 saturated heterocycles. The summed E-state index contributed by atoms with van der Waals surface area (Å²) in [4.78, 5) is 4.31. The SMILES string of the molecule is C=CCOc1ccnc(-c2ccccc2)c1. The molecule has 0 radical (unpaired) electrons. The number of benzene rings is 1. The molecule has 0 N–H and O–H groups in total. The van der Waals surface area contributed by atoms with E-state index in [2.05, 4.69) is 11.6 Å². The Kier molecular flexibility index (Phi) is 3.34. The Morgan fingerprint density at radius 2 is 2.00 bits per heavy atom. The van der Waals surface area contributed by atoms with Crippen molar-refractivity contribution < 1.29 is 4.74 Å². The summed E-state index contributed by atoms with van der Waals surface area (Å²) in [6, 6.07) is 13.8. The van der Waals surface area contributed by atoms with Crippen LogP contribution in [0.4, 0.5) is 0 Å². The van der Waals surface area contributed by atoms with Crippen LogP contribution >= 0.6 is 0 Å². The smallest absolute Gasteiger partial charge is 0.123 e. The highest BCUT2D eigenvalue weighted by Gasteiger charge is 1.99. The van der Waals surface area contributed by atoms with Gasteiger partial charge in [0.1, 0.15) is 12.4 Å². The molecule has 2 rings (SSSR count). The van der Waals surface area contributed by atoms with Gasteiger partial charge in [-0.05, 0) is 6.07 Å². The molecular formula is C14H13NO. The van der Waals surface area contributed by atoms with Crippen molar-refractivity contribution in [2.75, 3.05) is 6.61 Å². The van der Waals surface area contributed by atoms with Crippen molar-refractivity contribution in [1.82, 2.24) is 4.98 Å². The lowest BCUT2D eigenvalue weighted by atomic mass is 10.1. The molecule has 0 aliphatic heterocycles. The number of hydrogen-bond donors (Lipinski definition) is 0. The third-order valence-electron chi connectivity index (χ3n) is 2.17. The Morgan fingerprint density at radius 1 is 1.19 bits per heavy atom. The third-order valence-corrected chi connectivity index (χ3v) is 2.17. The highest BCUT2D eigenvalue weighted by molar-refractivity contribution is 5.60. The molecule has 0 spiro atoms. The van der Waals surface area contributed by atoms with Gasteiger partial charge in [0.2, 0.25) is 0 Å². The second kappa shape index (κ2) is 5.12. The maximum absolute atomic E-state index is 5.46. The summed E-state index contributed by atoms with van der Waals surface area (Å²) >= 11 is 0. The molecule has 0 amide bonds.